The summed E-state index contributed by atoms with van der Waals surface area (Å²) in [5.41, 5.74) is 8.38. The molecule has 0 saturated carbocycles. The Morgan fingerprint density at radius 3 is 1.44 bits per heavy atom. The number of anilines is 3. The van der Waals surface area contributed by atoms with Gasteiger partial charge >= 0.3 is 5.97 Å². The highest BCUT2D eigenvalue weighted by Crippen LogP contribution is 2.38. The molecule has 0 amide bonds. The lowest BCUT2D eigenvalue weighted by atomic mass is 9.85. The third kappa shape index (κ3) is 10.1. The molecule has 11 nitrogen and oxygen atoms in total. The van der Waals surface area contributed by atoms with Gasteiger partial charge in [-0.05, 0) is 46.2 Å². The smallest absolute Gasteiger partial charge is 0.341 e. The number of rotatable bonds is 7. The first kappa shape index (κ1) is 33.8. The monoisotopic (exact) mass is 587 g/mol. The Hall–Kier alpha value is -3.19. The second-order valence-corrected chi connectivity index (χ2v) is 14.5. The third-order valence-corrected chi connectivity index (χ3v) is 6.52. The van der Waals surface area contributed by atoms with Gasteiger partial charge in [-0.25, -0.2) is 21.6 Å². The zero-order valence-electron chi connectivity index (χ0n) is 24.5. The molecule has 0 atom stereocenters. The normalized spacial score (nSPS) is 12.1. The summed E-state index contributed by atoms with van der Waals surface area (Å²) in [4.78, 5) is 11.9. The summed E-state index contributed by atoms with van der Waals surface area (Å²) >= 11 is 0. The van der Waals surface area contributed by atoms with Crippen molar-refractivity contribution in [2.24, 2.45) is 0 Å². The van der Waals surface area contributed by atoms with Gasteiger partial charge in [0.15, 0.2) is 11.5 Å². The van der Waals surface area contributed by atoms with E-state index in [4.69, 9.17) is 19.9 Å². The van der Waals surface area contributed by atoms with Gasteiger partial charge in [0.1, 0.15) is 5.56 Å². The number of ether oxygens (including phenoxy) is 3. The van der Waals surface area contributed by atoms with Crippen molar-refractivity contribution in [3.63, 3.8) is 0 Å². The topological polar surface area (TPSA) is 163 Å². The Morgan fingerprint density at radius 1 is 0.718 bits per heavy atom. The lowest BCUT2D eigenvalue weighted by Crippen LogP contribution is -2.17. The van der Waals surface area contributed by atoms with Gasteiger partial charge < -0.3 is 19.9 Å². The molecular formula is C26H41N3O8S2. The minimum atomic E-state index is -3.50. The molecule has 4 N–H and O–H groups in total. The van der Waals surface area contributed by atoms with Crippen LogP contribution >= 0.6 is 0 Å². The van der Waals surface area contributed by atoms with Gasteiger partial charge in [0.05, 0.1) is 50.9 Å². The van der Waals surface area contributed by atoms with Crippen LogP contribution in [0.2, 0.25) is 0 Å². The van der Waals surface area contributed by atoms with E-state index in [1.165, 1.54) is 21.3 Å². The fourth-order valence-electron chi connectivity index (χ4n) is 3.41. The number of nitrogen functional groups attached to an aromatic ring is 1. The van der Waals surface area contributed by atoms with E-state index in [-0.39, 0.29) is 27.8 Å². The van der Waals surface area contributed by atoms with Gasteiger partial charge in [0, 0.05) is 0 Å². The van der Waals surface area contributed by atoms with Crippen LogP contribution < -0.4 is 24.7 Å². The van der Waals surface area contributed by atoms with Gasteiger partial charge in [0.25, 0.3) is 0 Å². The van der Waals surface area contributed by atoms with E-state index in [2.05, 4.69) is 9.44 Å². The number of hydrogen-bond acceptors (Lipinski definition) is 9. The van der Waals surface area contributed by atoms with Gasteiger partial charge in [-0.2, -0.15) is 0 Å². The van der Waals surface area contributed by atoms with Crippen LogP contribution in [-0.2, 0) is 35.6 Å². The predicted molar refractivity (Wildman–Crippen MR) is 156 cm³/mol. The second kappa shape index (κ2) is 12.3. The summed E-state index contributed by atoms with van der Waals surface area (Å²) in [6.07, 6.45) is 2.13. The van der Waals surface area contributed by atoms with Gasteiger partial charge in [-0.15, -0.1) is 0 Å². The quantitative estimate of drug-likeness (QED) is 0.320. The molecule has 0 aliphatic rings. The zero-order chi connectivity index (χ0) is 30.6. The summed E-state index contributed by atoms with van der Waals surface area (Å²) in [6.45, 7) is 12.0. The minimum Gasteiger partial charge on any atom is -0.494 e. The molecule has 0 spiro atoms. The minimum absolute atomic E-state index is 0.131. The number of carbonyl (C=O) groups excluding carboxylic acids is 1. The fourth-order valence-corrected chi connectivity index (χ4v) is 4.51. The third-order valence-electron chi connectivity index (χ3n) is 5.34. The number of esters is 1. The lowest BCUT2D eigenvalue weighted by molar-refractivity contribution is 0.0597. The summed E-state index contributed by atoms with van der Waals surface area (Å²) in [6, 6.07) is 6.85. The van der Waals surface area contributed by atoms with Gasteiger partial charge in [-0.3, -0.25) is 9.44 Å². The van der Waals surface area contributed by atoms with Crippen LogP contribution in [0.25, 0.3) is 0 Å². The Morgan fingerprint density at radius 2 is 1.10 bits per heavy atom. The SMILES string of the molecule is COC(=O)c1cc(C(C)(C)C)cc(NS(C)(=O)=O)c1OC.COc1c(N)cc(C(C)(C)C)cc1NS(C)(=O)=O. The van der Waals surface area contributed by atoms with Crippen molar-refractivity contribution in [1.29, 1.82) is 0 Å². The van der Waals surface area contributed by atoms with Crippen molar-refractivity contribution < 1.29 is 35.8 Å². The number of nitrogens with one attached hydrogen (secondary N) is 2. The van der Waals surface area contributed by atoms with E-state index in [1.54, 1.807) is 24.3 Å². The van der Waals surface area contributed by atoms with E-state index in [0.717, 1.165) is 23.6 Å². The van der Waals surface area contributed by atoms with Crippen LogP contribution in [0.15, 0.2) is 24.3 Å². The van der Waals surface area contributed by atoms with Crippen LogP contribution in [0.5, 0.6) is 11.5 Å². The summed E-state index contributed by atoms with van der Waals surface area (Å²) < 4.78 is 65.5. The Balaban J connectivity index is 0.000000395. The molecule has 2 rings (SSSR count). The van der Waals surface area contributed by atoms with Crippen LogP contribution in [0.3, 0.4) is 0 Å². The van der Waals surface area contributed by atoms with Crippen molar-refractivity contribution in [2.45, 2.75) is 52.4 Å². The summed E-state index contributed by atoms with van der Waals surface area (Å²) in [5, 5.41) is 0. The van der Waals surface area contributed by atoms with Crippen LogP contribution in [-0.4, -0.2) is 56.6 Å². The predicted octanol–water partition coefficient (Wildman–Crippen LogP) is 4.10. The maximum atomic E-state index is 11.9. The summed E-state index contributed by atoms with van der Waals surface area (Å²) in [5.74, 6) is -0.108. The van der Waals surface area contributed by atoms with E-state index in [0.29, 0.717) is 17.1 Å². The first-order chi connectivity index (χ1) is 17.5. The van der Waals surface area contributed by atoms with Crippen LogP contribution in [0.1, 0.15) is 63.0 Å². The van der Waals surface area contributed by atoms with Gasteiger partial charge in [-0.1, -0.05) is 41.5 Å². The number of sulfonamides is 2. The second-order valence-electron chi connectivity index (χ2n) is 11.0. The first-order valence-corrected chi connectivity index (χ1v) is 15.6. The highest BCUT2D eigenvalue weighted by atomic mass is 32.2. The lowest BCUT2D eigenvalue weighted by Gasteiger charge is -2.23. The van der Waals surface area contributed by atoms with Gasteiger partial charge in [0.2, 0.25) is 20.0 Å². The molecule has 39 heavy (non-hydrogen) atoms. The van der Waals surface area contributed by atoms with E-state index in [1.807, 2.05) is 41.5 Å². The fraction of sp³-hybridized carbons (Fsp3) is 0.500. The largest absolute Gasteiger partial charge is 0.494 e. The first-order valence-electron chi connectivity index (χ1n) is 11.8. The highest BCUT2D eigenvalue weighted by molar-refractivity contribution is 7.92. The van der Waals surface area contributed by atoms with Crippen molar-refractivity contribution in [2.75, 3.05) is 49.0 Å². The molecule has 0 radical (unpaired) electrons. The molecule has 0 aliphatic heterocycles. The average Bonchev–Trinajstić information content (AvgIpc) is 2.74. The Bertz CT molecular complexity index is 1410. The molecule has 0 aliphatic carbocycles. The molecule has 0 unspecified atom stereocenters. The van der Waals surface area contributed by atoms with Crippen LogP contribution in [0.4, 0.5) is 17.1 Å². The molecule has 2 aromatic carbocycles. The Kier molecular flexibility index (Phi) is 10.7. The van der Waals surface area contributed by atoms with Crippen molar-refractivity contribution in [3.8, 4) is 11.5 Å². The summed E-state index contributed by atoms with van der Waals surface area (Å²) in [7, 11) is -2.80. The Labute approximate surface area is 232 Å². The number of benzene rings is 2. The maximum Gasteiger partial charge on any atom is 0.341 e. The molecule has 13 heteroatoms. The number of carbonyl (C=O) groups is 1. The zero-order valence-corrected chi connectivity index (χ0v) is 26.1. The van der Waals surface area contributed by atoms with E-state index in [9.17, 15) is 21.6 Å². The standard InChI is InChI=1S/C14H21NO5S.C12H20N2O3S/c1-14(2,3)9-7-10(13(16)20-5)12(19-4)11(8-9)15-21(6,17)18;1-12(2,3)8-6-9(13)11(17-4)10(7-8)14-18(5,15)16/h7-8,15H,1-6H3;6-7,14H,13H2,1-5H3. The molecule has 0 fully saturated rings. The molecule has 0 saturated heterocycles. The highest BCUT2D eigenvalue weighted by Gasteiger charge is 2.24. The molecule has 0 bridgehead atoms. The molecule has 220 valence electrons. The molecule has 0 heterocycles. The van der Waals surface area contributed by atoms with Crippen molar-refractivity contribution in [1.82, 2.24) is 0 Å². The number of nitrogens with two attached hydrogens (primary N) is 1. The number of methoxy groups -OCH3 is 3. The van der Waals surface area contributed by atoms with Crippen molar-refractivity contribution >= 4 is 43.1 Å². The van der Waals surface area contributed by atoms with Crippen LogP contribution in [0, 0.1) is 0 Å². The molecule has 0 aromatic heterocycles. The van der Waals surface area contributed by atoms with E-state index >= 15 is 0 Å². The van der Waals surface area contributed by atoms with Crippen molar-refractivity contribution in [3.05, 3.63) is 41.0 Å². The molecular weight excluding hydrogens is 546 g/mol. The number of hydrogen-bond donors (Lipinski definition) is 3. The maximum absolute atomic E-state index is 11.9. The molecule has 2 aromatic rings. The van der Waals surface area contributed by atoms with E-state index < -0.39 is 26.0 Å². The average molecular weight is 588 g/mol.